The zero-order chi connectivity index (χ0) is 13.1. The first-order valence-electron chi connectivity index (χ1n) is 5.51. The van der Waals surface area contributed by atoms with Crippen LogP contribution in [0.5, 0.6) is 11.6 Å². The van der Waals surface area contributed by atoms with Crippen molar-refractivity contribution in [2.45, 2.75) is 6.92 Å². The number of benzene rings is 1. The molecule has 0 spiro atoms. The monoisotopic (exact) mass is 263 g/mol. The van der Waals surface area contributed by atoms with Gasteiger partial charge < -0.3 is 9.64 Å². The number of aromatic nitrogens is 2. The predicted octanol–water partition coefficient (Wildman–Crippen LogP) is 3.30. The number of nitrogens with zero attached hydrogens (tertiary/aromatic N) is 3. The topological polar surface area (TPSA) is 38.2 Å². The highest BCUT2D eigenvalue weighted by molar-refractivity contribution is 6.28. The smallest absolute Gasteiger partial charge is 0.225 e. The standard InChI is InChI=1S/C13H14ClN3O/c1-9-7-12(16-13(14)15-9)18-11-6-4-5-10(8-11)17(2)3/h4-8H,1-3H3. The van der Waals surface area contributed by atoms with E-state index in [0.717, 1.165) is 17.1 Å². The van der Waals surface area contributed by atoms with Crippen LogP contribution < -0.4 is 9.64 Å². The summed E-state index contributed by atoms with van der Waals surface area (Å²) in [5.41, 5.74) is 1.83. The van der Waals surface area contributed by atoms with Crippen molar-refractivity contribution in [3.8, 4) is 11.6 Å². The molecule has 0 radical (unpaired) electrons. The molecule has 0 aliphatic carbocycles. The first kappa shape index (κ1) is 12.6. The lowest BCUT2D eigenvalue weighted by molar-refractivity contribution is 0.461. The third-order valence-electron chi connectivity index (χ3n) is 2.36. The summed E-state index contributed by atoms with van der Waals surface area (Å²) in [6.45, 7) is 1.84. The van der Waals surface area contributed by atoms with Gasteiger partial charge >= 0.3 is 0 Å². The molecule has 0 N–H and O–H groups in total. The van der Waals surface area contributed by atoms with Gasteiger partial charge in [-0.2, -0.15) is 4.98 Å². The highest BCUT2D eigenvalue weighted by Gasteiger charge is 2.04. The molecule has 2 rings (SSSR count). The minimum atomic E-state index is 0.189. The zero-order valence-electron chi connectivity index (χ0n) is 10.5. The van der Waals surface area contributed by atoms with Crippen molar-refractivity contribution in [3.05, 3.63) is 41.3 Å². The fourth-order valence-electron chi connectivity index (χ4n) is 1.50. The molecule has 1 aromatic heterocycles. The van der Waals surface area contributed by atoms with Crippen LogP contribution in [0.4, 0.5) is 5.69 Å². The van der Waals surface area contributed by atoms with E-state index in [1.54, 1.807) is 6.07 Å². The molecule has 0 saturated carbocycles. The van der Waals surface area contributed by atoms with Crippen LogP contribution >= 0.6 is 11.6 Å². The van der Waals surface area contributed by atoms with Gasteiger partial charge in [-0.3, -0.25) is 0 Å². The highest BCUT2D eigenvalue weighted by atomic mass is 35.5. The molecular weight excluding hydrogens is 250 g/mol. The van der Waals surface area contributed by atoms with E-state index in [1.807, 2.05) is 50.2 Å². The Bertz CT molecular complexity index is 537. The maximum absolute atomic E-state index is 5.79. The molecule has 4 nitrogen and oxygen atoms in total. The van der Waals surface area contributed by atoms with Crippen molar-refractivity contribution in [1.29, 1.82) is 0 Å². The molecule has 0 unspecified atom stereocenters. The van der Waals surface area contributed by atoms with E-state index in [1.165, 1.54) is 0 Å². The van der Waals surface area contributed by atoms with E-state index in [4.69, 9.17) is 16.3 Å². The van der Waals surface area contributed by atoms with Crippen LogP contribution in [0.15, 0.2) is 30.3 Å². The van der Waals surface area contributed by atoms with Gasteiger partial charge in [-0.25, -0.2) is 4.98 Å². The first-order valence-corrected chi connectivity index (χ1v) is 5.89. The van der Waals surface area contributed by atoms with Crippen molar-refractivity contribution in [3.63, 3.8) is 0 Å². The summed E-state index contributed by atoms with van der Waals surface area (Å²) in [4.78, 5) is 10.0. The summed E-state index contributed by atoms with van der Waals surface area (Å²) in [6, 6.07) is 9.49. The van der Waals surface area contributed by atoms with E-state index in [-0.39, 0.29) is 5.28 Å². The Kier molecular flexibility index (Phi) is 3.67. The van der Waals surface area contributed by atoms with Crippen molar-refractivity contribution in [2.24, 2.45) is 0 Å². The SMILES string of the molecule is Cc1cc(Oc2cccc(N(C)C)c2)nc(Cl)n1. The van der Waals surface area contributed by atoms with E-state index in [9.17, 15) is 0 Å². The summed E-state index contributed by atoms with van der Waals surface area (Å²) < 4.78 is 5.67. The van der Waals surface area contributed by atoms with Gasteiger partial charge in [0.25, 0.3) is 0 Å². The molecule has 94 valence electrons. The second kappa shape index (κ2) is 5.23. The second-order valence-corrected chi connectivity index (χ2v) is 4.45. The van der Waals surface area contributed by atoms with E-state index in [2.05, 4.69) is 9.97 Å². The Morgan fingerprint density at radius 1 is 1.17 bits per heavy atom. The van der Waals surface area contributed by atoms with Gasteiger partial charge in [0.15, 0.2) is 0 Å². The number of aryl methyl sites for hydroxylation is 1. The third kappa shape index (κ3) is 3.11. The van der Waals surface area contributed by atoms with Crippen molar-refractivity contribution in [1.82, 2.24) is 9.97 Å². The lowest BCUT2D eigenvalue weighted by atomic mass is 10.3. The fraction of sp³-hybridized carbons (Fsp3) is 0.231. The molecule has 0 fully saturated rings. The molecule has 0 saturated heterocycles. The van der Waals surface area contributed by atoms with Crippen LogP contribution in [0.2, 0.25) is 5.28 Å². The summed E-state index contributed by atoms with van der Waals surface area (Å²) in [7, 11) is 3.95. The van der Waals surface area contributed by atoms with Gasteiger partial charge in [-0.05, 0) is 30.7 Å². The lowest BCUT2D eigenvalue weighted by Gasteiger charge is -2.13. The normalized spacial score (nSPS) is 10.2. The molecule has 1 heterocycles. The number of halogens is 1. The summed E-state index contributed by atoms with van der Waals surface area (Å²) in [5, 5.41) is 0.189. The van der Waals surface area contributed by atoms with E-state index < -0.39 is 0 Å². The van der Waals surface area contributed by atoms with Crippen molar-refractivity contribution in [2.75, 3.05) is 19.0 Å². The Morgan fingerprint density at radius 3 is 2.61 bits per heavy atom. The number of ether oxygens (including phenoxy) is 1. The first-order chi connectivity index (χ1) is 8.54. The van der Waals surface area contributed by atoms with Gasteiger partial charge in [0, 0.05) is 37.6 Å². The van der Waals surface area contributed by atoms with Crippen LogP contribution in [-0.4, -0.2) is 24.1 Å². The fourth-order valence-corrected chi connectivity index (χ4v) is 1.72. The quantitative estimate of drug-likeness (QED) is 0.797. The minimum Gasteiger partial charge on any atom is -0.439 e. The van der Waals surface area contributed by atoms with Gasteiger partial charge in [-0.1, -0.05) is 6.07 Å². The second-order valence-electron chi connectivity index (χ2n) is 4.11. The average Bonchev–Trinajstić information content (AvgIpc) is 2.27. The minimum absolute atomic E-state index is 0.189. The Labute approximate surface area is 111 Å². The van der Waals surface area contributed by atoms with Crippen molar-refractivity contribution < 1.29 is 4.74 Å². The Hall–Kier alpha value is -1.81. The maximum atomic E-state index is 5.79. The number of anilines is 1. The molecule has 0 atom stereocenters. The molecule has 5 heteroatoms. The number of hydrogen-bond donors (Lipinski definition) is 0. The Morgan fingerprint density at radius 2 is 1.94 bits per heavy atom. The number of hydrogen-bond acceptors (Lipinski definition) is 4. The van der Waals surface area contributed by atoms with Crippen molar-refractivity contribution >= 4 is 17.3 Å². The number of rotatable bonds is 3. The maximum Gasteiger partial charge on any atom is 0.225 e. The molecule has 2 aromatic rings. The zero-order valence-corrected chi connectivity index (χ0v) is 11.3. The average molecular weight is 264 g/mol. The summed E-state index contributed by atoms with van der Waals surface area (Å²) >= 11 is 5.79. The molecule has 1 aromatic carbocycles. The van der Waals surface area contributed by atoms with Crippen LogP contribution in [0.3, 0.4) is 0 Å². The van der Waals surface area contributed by atoms with Gasteiger partial charge in [0.05, 0.1) is 0 Å². The van der Waals surface area contributed by atoms with Crippen LogP contribution in [0.25, 0.3) is 0 Å². The predicted molar refractivity (Wildman–Crippen MR) is 72.6 cm³/mol. The van der Waals surface area contributed by atoms with E-state index in [0.29, 0.717) is 5.88 Å². The largest absolute Gasteiger partial charge is 0.439 e. The summed E-state index contributed by atoms with van der Waals surface area (Å²) in [5.74, 6) is 1.17. The summed E-state index contributed by atoms with van der Waals surface area (Å²) in [6.07, 6.45) is 0. The molecule has 18 heavy (non-hydrogen) atoms. The van der Waals surface area contributed by atoms with Gasteiger partial charge in [0.2, 0.25) is 11.2 Å². The van der Waals surface area contributed by atoms with E-state index >= 15 is 0 Å². The molecule has 0 aliphatic heterocycles. The van der Waals surface area contributed by atoms with Gasteiger partial charge in [-0.15, -0.1) is 0 Å². The van der Waals surface area contributed by atoms with Crippen LogP contribution in [0.1, 0.15) is 5.69 Å². The van der Waals surface area contributed by atoms with Gasteiger partial charge in [0.1, 0.15) is 5.75 Å². The molecule has 0 bridgehead atoms. The lowest BCUT2D eigenvalue weighted by Crippen LogP contribution is -2.08. The van der Waals surface area contributed by atoms with Crippen LogP contribution in [-0.2, 0) is 0 Å². The Balaban J connectivity index is 2.25. The molecular formula is C13H14ClN3O. The third-order valence-corrected chi connectivity index (χ3v) is 2.53. The van der Waals surface area contributed by atoms with Crippen LogP contribution in [0, 0.1) is 6.92 Å². The highest BCUT2D eigenvalue weighted by Crippen LogP contribution is 2.24. The molecule has 0 aliphatic rings. The molecule has 0 amide bonds.